The van der Waals surface area contributed by atoms with E-state index in [1.165, 1.54) is 18.2 Å². The molecule has 2 aliphatic heterocycles. The molecule has 1 saturated heterocycles. The zero-order valence-electron chi connectivity index (χ0n) is 21.4. The number of rotatable bonds is 18. The van der Waals surface area contributed by atoms with Gasteiger partial charge < -0.3 is 29.0 Å². The fourth-order valence-electron chi connectivity index (χ4n) is 3.90. The second-order valence-corrected chi connectivity index (χ2v) is 8.79. The van der Waals surface area contributed by atoms with Crippen LogP contribution in [-0.2, 0) is 38.1 Å². The molecular formula is C25H32ClN3O10. The molecule has 1 aromatic carbocycles. The summed E-state index contributed by atoms with van der Waals surface area (Å²) in [4.78, 5) is 62.8. The van der Waals surface area contributed by atoms with E-state index < -0.39 is 35.6 Å². The van der Waals surface area contributed by atoms with Gasteiger partial charge in [-0.3, -0.25) is 34.2 Å². The highest BCUT2D eigenvalue weighted by Crippen LogP contribution is 2.32. The fraction of sp³-hybridized carbons (Fsp3) is 0.560. The van der Waals surface area contributed by atoms with Gasteiger partial charge in [-0.1, -0.05) is 6.07 Å². The second kappa shape index (κ2) is 16.2. The van der Waals surface area contributed by atoms with Crippen LogP contribution in [-0.4, -0.2) is 112 Å². The number of ether oxygens (including phenoxy) is 5. The molecule has 0 aliphatic carbocycles. The van der Waals surface area contributed by atoms with E-state index in [1.807, 2.05) is 0 Å². The summed E-state index contributed by atoms with van der Waals surface area (Å²) in [6, 6.07) is 3.36. The van der Waals surface area contributed by atoms with Crippen LogP contribution in [0.3, 0.4) is 0 Å². The monoisotopic (exact) mass is 569 g/mol. The summed E-state index contributed by atoms with van der Waals surface area (Å²) in [6.45, 7) is 3.18. The highest BCUT2D eigenvalue weighted by atomic mass is 35.5. The van der Waals surface area contributed by atoms with Crippen LogP contribution < -0.4 is 10.6 Å². The number of piperidine rings is 1. The van der Waals surface area contributed by atoms with Crippen molar-refractivity contribution in [2.45, 2.75) is 18.9 Å². The lowest BCUT2D eigenvalue weighted by Gasteiger charge is -2.27. The highest BCUT2D eigenvalue weighted by molar-refractivity contribution is 6.26. The van der Waals surface area contributed by atoms with Crippen molar-refractivity contribution >= 4 is 46.8 Å². The fourth-order valence-corrected chi connectivity index (χ4v) is 4.01. The van der Waals surface area contributed by atoms with E-state index in [4.69, 9.17) is 35.3 Å². The molecule has 1 unspecified atom stereocenters. The number of benzene rings is 1. The molecule has 14 heteroatoms. The zero-order valence-corrected chi connectivity index (χ0v) is 22.2. The maximum absolute atomic E-state index is 13.1. The number of alkyl halides is 1. The number of nitrogens with zero attached hydrogens (tertiary/aromatic N) is 1. The molecule has 214 valence electrons. The Labute approximate surface area is 230 Å². The zero-order chi connectivity index (χ0) is 28.0. The van der Waals surface area contributed by atoms with Crippen LogP contribution in [0, 0.1) is 0 Å². The van der Waals surface area contributed by atoms with E-state index in [0.717, 1.165) is 4.90 Å². The normalized spacial score (nSPS) is 16.9. The van der Waals surface area contributed by atoms with E-state index in [2.05, 4.69) is 10.6 Å². The van der Waals surface area contributed by atoms with Crippen molar-refractivity contribution in [2.24, 2.45) is 0 Å². The van der Waals surface area contributed by atoms with Gasteiger partial charge in [0.25, 0.3) is 11.8 Å². The van der Waals surface area contributed by atoms with E-state index in [1.54, 1.807) is 0 Å². The average molecular weight is 570 g/mol. The quantitative estimate of drug-likeness (QED) is 0.143. The summed E-state index contributed by atoms with van der Waals surface area (Å²) in [7, 11) is 0. The number of anilines is 1. The standard InChI is InChI=1S/C25H32ClN3O10/c26-6-7-35-8-9-36-10-11-37-12-13-38-14-15-39-16-21(31)27-18-3-1-2-17-22(18)25(34)29(24(17)33)19-4-5-20(30)28-23(19)32/h1-3,19H,4-16H2,(H,27,31)(H,28,30,32). The number of carbonyl (C=O) groups excluding carboxylic acids is 5. The first-order chi connectivity index (χ1) is 18.9. The van der Waals surface area contributed by atoms with Crippen molar-refractivity contribution in [2.75, 3.05) is 77.3 Å². The molecule has 0 aromatic heterocycles. The highest BCUT2D eigenvalue weighted by Gasteiger charge is 2.45. The van der Waals surface area contributed by atoms with E-state index >= 15 is 0 Å². The molecule has 0 spiro atoms. The maximum Gasteiger partial charge on any atom is 0.264 e. The number of hydrogen-bond acceptors (Lipinski definition) is 10. The Morgan fingerprint density at radius 1 is 0.872 bits per heavy atom. The van der Waals surface area contributed by atoms with Gasteiger partial charge in [0.15, 0.2) is 0 Å². The maximum atomic E-state index is 13.1. The molecule has 2 heterocycles. The van der Waals surface area contributed by atoms with Crippen LogP contribution in [0.25, 0.3) is 0 Å². The third-order valence-electron chi connectivity index (χ3n) is 5.68. The minimum atomic E-state index is -1.09. The molecule has 0 radical (unpaired) electrons. The molecule has 3 rings (SSSR count). The first kappa shape index (κ1) is 30.6. The van der Waals surface area contributed by atoms with E-state index in [0.29, 0.717) is 52.1 Å². The van der Waals surface area contributed by atoms with Crippen LogP contribution in [0.5, 0.6) is 0 Å². The summed E-state index contributed by atoms with van der Waals surface area (Å²) >= 11 is 5.49. The van der Waals surface area contributed by atoms with Crippen molar-refractivity contribution in [3.63, 3.8) is 0 Å². The van der Waals surface area contributed by atoms with E-state index in [-0.39, 0.29) is 49.5 Å². The number of amides is 5. The van der Waals surface area contributed by atoms with Gasteiger partial charge in [-0.05, 0) is 18.6 Å². The lowest BCUT2D eigenvalue weighted by atomic mass is 10.0. The molecular weight excluding hydrogens is 538 g/mol. The Kier molecular flexibility index (Phi) is 12.7. The Bertz CT molecular complexity index is 1040. The van der Waals surface area contributed by atoms with Gasteiger partial charge in [-0.25, -0.2) is 0 Å². The number of imide groups is 2. The Morgan fingerprint density at radius 2 is 1.46 bits per heavy atom. The molecule has 0 saturated carbocycles. The van der Waals surface area contributed by atoms with Crippen LogP contribution in [0.2, 0.25) is 0 Å². The molecule has 39 heavy (non-hydrogen) atoms. The number of nitrogens with one attached hydrogen (secondary N) is 2. The lowest BCUT2D eigenvalue weighted by Crippen LogP contribution is -2.54. The SMILES string of the molecule is O=C1CCC(N2C(=O)c3cccc(NC(=O)COCCOCCOCCOCCOCCCl)c3C2=O)C(=O)N1. The van der Waals surface area contributed by atoms with Crippen LogP contribution >= 0.6 is 11.6 Å². The predicted octanol–water partition coefficient (Wildman–Crippen LogP) is 0.348. The summed E-state index contributed by atoms with van der Waals surface area (Å²) in [5.74, 6) is -2.60. The van der Waals surface area contributed by atoms with Crippen molar-refractivity contribution in [1.82, 2.24) is 10.2 Å². The first-order valence-corrected chi connectivity index (χ1v) is 13.1. The van der Waals surface area contributed by atoms with Gasteiger partial charge in [-0.15, -0.1) is 11.6 Å². The molecule has 2 aliphatic rings. The third kappa shape index (κ3) is 9.05. The van der Waals surface area contributed by atoms with Crippen LogP contribution in [0.1, 0.15) is 33.6 Å². The molecule has 5 amide bonds. The average Bonchev–Trinajstić information content (AvgIpc) is 3.17. The minimum absolute atomic E-state index is 0.00561. The summed E-state index contributed by atoms with van der Waals surface area (Å²) < 4.78 is 26.6. The smallest absolute Gasteiger partial charge is 0.264 e. The van der Waals surface area contributed by atoms with Crippen molar-refractivity contribution in [3.8, 4) is 0 Å². The second-order valence-electron chi connectivity index (χ2n) is 8.41. The molecule has 1 atom stereocenters. The van der Waals surface area contributed by atoms with Gasteiger partial charge in [0, 0.05) is 12.3 Å². The number of fused-ring (bicyclic) bond motifs is 1. The lowest BCUT2D eigenvalue weighted by molar-refractivity contribution is -0.136. The predicted molar refractivity (Wildman–Crippen MR) is 137 cm³/mol. The Morgan fingerprint density at radius 3 is 2.05 bits per heavy atom. The topological polar surface area (TPSA) is 159 Å². The molecule has 1 aromatic rings. The largest absolute Gasteiger partial charge is 0.378 e. The van der Waals surface area contributed by atoms with Crippen molar-refractivity contribution < 1.29 is 47.7 Å². The third-order valence-corrected chi connectivity index (χ3v) is 5.84. The number of hydrogen-bond donors (Lipinski definition) is 2. The molecule has 13 nitrogen and oxygen atoms in total. The van der Waals surface area contributed by atoms with Crippen molar-refractivity contribution in [1.29, 1.82) is 0 Å². The molecule has 2 N–H and O–H groups in total. The van der Waals surface area contributed by atoms with Gasteiger partial charge >= 0.3 is 0 Å². The Hall–Kier alpha value is -2.94. The number of halogens is 1. The molecule has 0 bridgehead atoms. The van der Waals surface area contributed by atoms with Crippen LogP contribution in [0.15, 0.2) is 18.2 Å². The van der Waals surface area contributed by atoms with Gasteiger partial charge in [0.05, 0.1) is 76.3 Å². The summed E-state index contributed by atoms with van der Waals surface area (Å²) in [6.07, 6.45) is 0.0582. The van der Waals surface area contributed by atoms with E-state index in [9.17, 15) is 24.0 Å². The van der Waals surface area contributed by atoms with Crippen LogP contribution in [0.4, 0.5) is 5.69 Å². The Balaban J connectivity index is 1.31. The summed E-state index contributed by atoms with van der Waals surface area (Å²) in [5.41, 5.74) is 0.199. The van der Waals surface area contributed by atoms with Gasteiger partial charge in [-0.2, -0.15) is 0 Å². The molecule has 1 fully saturated rings. The first-order valence-electron chi connectivity index (χ1n) is 12.5. The minimum Gasteiger partial charge on any atom is -0.378 e. The van der Waals surface area contributed by atoms with Crippen molar-refractivity contribution in [3.05, 3.63) is 29.3 Å². The van der Waals surface area contributed by atoms with Gasteiger partial charge in [0.2, 0.25) is 17.7 Å². The number of carbonyl (C=O) groups is 5. The van der Waals surface area contributed by atoms with Gasteiger partial charge in [0.1, 0.15) is 12.6 Å². The summed E-state index contributed by atoms with van der Waals surface area (Å²) in [5, 5.41) is 4.72.